The van der Waals surface area contributed by atoms with Crippen molar-refractivity contribution in [1.82, 2.24) is 15.1 Å². The minimum atomic E-state index is -1.05. The van der Waals surface area contributed by atoms with E-state index in [2.05, 4.69) is 10.2 Å². The Morgan fingerprint density at radius 1 is 0.973 bits per heavy atom. The highest BCUT2D eigenvalue weighted by Gasteiger charge is 2.49. The van der Waals surface area contributed by atoms with Crippen LogP contribution in [0.25, 0.3) is 0 Å². The molecule has 5 rings (SSSR count). The molecule has 1 unspecified atom stereocenters. The molecule has 0 radical (unpaired) electrons. The summed E-state index contributed by atoms with van der Waals surface area (Å²) >= 11 is 0. The molecule has 0 spiro atoms. The summed E-state index contributed by atoms with van der Waals surface area (Å²) in [7, 11) is 0. The second kappa shape index (κ2) is 10.5. The second-order valence-electron chi connectivity index (χ2n) is 10.1. The first kappa shape index (κ1) is 26.7. The van der Waals surface area contributed by atoms with Crippen molar-refractivity contribution in [2.75, 3.05) is 31.1 Å². The van der Waals surface area contributed by atoms with Crippen molar-refractivity contribution < 1.29 is 18.7 Å². The van der Waals surface area contributed by atoms with E-state index in [9.17, 15) is 18.7 Å². The smallest absolute Gasteiger partial charge is 0.228 e. The number of carbonyl (C=O) groups excluding carboxylic acids is 1. The second-order valence-corrected chi connectivity index (χ2v) is 10.1. The number of hydrogen-bond donors (Lipinski definition) is 1. The van der Waals surface area contributed by atoms with Gasteiger partial charge in [-0.05, 0) is 29.3 Å². The Labute approximate surface area is 216 Å². The third-order valence-electron chi connectivity index (χ3n) is 7.92. The summed E-state index contributed by atoms with van der Waals surface area (Å²) < 4.78 is 28.5. The first-order chi connectivity index (χ1) is 17.3. The fraction of sp³-hybridized carbons (Fsp3) is 0.414. The Hall–Kier alpha value is -3.39. The van der Waals surface area contributed by atoms with Crippen molar-refractivity contribution in [3.05, 3.63) is 89.6 Å². The number of halogens is 2. The number of aliphatic hydroxyl groups is 1. The number of nitrogens with zero attached hydrogens (tertiary/aromatic N) is 4. The van der Waals surface area contributed by atoms with Gasteiger partial charge in [-0.15, -0.1) is 5.10 Å². The lowest BCUT2D eigenvalue weighted by Gasteiger charge is -2.48. The van der Waals surface area contributed by atoms with E-state index < -0.39 is 29.1 Å². The van der Waals surface area contributed by atoms with Crippen molar-refractivity contribution in [3.8, 4) is 0 Å². The lowest BCUT2D eigenvalue weighted by Crippen LogP contribution is -2.57. The SMILES string of the molecule is C.C[C@@H]1CN(C(=O)[C@@H]2CN(c3cccnn3)C[C@H]2c2ccc(F)cc2F)C[C@H](C)C1(O)c1ccccc1. The standard InChI is InChI=1S/C28H30F2N4O2.CH4/c1-18-14-34(15-19(2)28(18,36)20-7-4-3-5-8-20)27(35)24-17-33(26-9-6-12-31-32-26)16-23(24)22-11-10-21(29)13-25(22)30;/h3-13,18-19,23-24,36H,14-17H2,1-2H3;1H4/t18-,19+,23-,24+,28?;/m0./s1. The molecule has 8 heteroatoms. The lowest BCUT2D eigenvalue weighted by atomic mass is 9.70. The molecule has 0 saturated carbocycles. The largest absolute Gasteiger partial charge is 0.384 e. The zero-order valence-electron chi connectivity index (χ0n) is 20.4. The van der Waals surface area contributed by atoms with Crippen LogP contribution in [0, 0.1) is 29.4 Å². The predicted molar refractivity (Wildman–Crippen MR) is 139 cm³/mol. The summed E-state index contributed by atoms with van der Waals surface area (Å²) in [6, 6.07) is 16.7. The number of likely N-dealkylation sites (tertiary alicyclic amines) is 1. The van der Waals surface area contributed by atoms with E-state index in [-0.39, 0.29) is 25.2 Å². The Morgan fingerprint density at radius 2 is 1.68 bits per heavy atom. The van der Waals surface area contributed by atoms with Gasteiger partial charge in [0.25, 0.3) is 0 Å². The third kappa shape index (κ3) is 4.82. The van der Waals surface area contributed by atoms with Crippen LogP contribution in [-0.4, -0.2) is 52.3 Å². The fourth-order valence-corrected chi connectivity index (χ4v) is 6.01. The molecule has 2 saturated heterocycles. The summed E-state index contributed by atoms with van der Waals surface area (Å²) in [5.74, 6) is -2.21. The number of piperidine rings is 1. The van der Waals surface area contributed by atoms with E-state index in [0.717, 1.165) is 11.6 Å². The van der Waals surface area contributed by atoms with Crippen molar-refractivity contribution in [2.45, 2.75) is 32.8 Å². The van der Waals surface area contributed by atoms with Crippen LogP contribution in [0.3, 0.4) is 0 Å². The van der Waals surface area contributed by atoms with Gasteiger partial charge in [-0.1, -0.05) is 57.7 Å². The average molecular weight is 509 g/mol. The van der Waals surface area contributed by atoms with Crippen LogP contribution in [0.15, 0.2) is 66.9 Å². The van der Waals surface area contributed by atoms with Crippen molar-refractivity contribution in [2.24, 2.45) is 17.8 Å². The predicted octanol–water partition coefficient (Wildman–Crippen LogP) is 4.61. The number of anilines is 1. The Morgan fingerprint density at radius 3 is 2.30 bits per heavy atom. The molecule has 5 atom stereocenters. The topological polar surface area (TPSA) is 69.6 Å². The van der Waals surface area contributed by atoms with Gasteiger partial charge in [-0.2, -0.15) is 5.10 Å². The summed E-state index contributed by atoms with van der Waals surface area (Å²) in [5, 5.41) is 19.8. The summed E-state index contributed by atoms with van der Waals surface area (Å²) in [4.78, 5) is 17.7. The van der Waals surface area contributed by atoms with Crippen LogP contribution >= 0.6 is 0 Å². The highest BCUT2D eigenvalue weighted by Crippen LogP contribution is 2.43. The molecule has 2 aliphatic heterocycles. The summed E-state index contributed by atoms with van der Waals surface area (Å²) in [6.07, 6.45) is 1.57. The van der Waals surface area contributed by atoms with Gasteiger partial charge in [0.2, 0.25) is 5.91 Å². The first-order valence-electron chi connectivity index (χ1n) is 12.3. The van der Waals surface area contributed by atoms with Crippen LogP contribution < -0.4 is 4.90 Å². The molecule has 3 heterocycles. The maximum Gasteiger partial charge on any atom is 0.228 e. The van der Waals surface area contributed by atoms with E-state index in [0.29, 0.717) is 37.6 Å². The van der Waals surface area contributed by atoms with Gasteiger partial charge in [-0.3, -0.25) is 4.79 Å². The van der Waals surface area contributed by atoms with Gasteiger partial charge in [-0.25, -0.2) is 8.78 Å². The van der Waals surface area contributed by atoms with Gasteiger partial charge < -0.3 is 14.9 Å². The zero-order chi connectivity index (χ0) is 25.4. The van der Waals surface area contributed by atoms with E-state index in [1.165, 1.54) is 12.1 Å². The third-order valence-corrected chi connectivity index (χ3v) is 7.92. The zero-order valence-corrected chi connectivity index (χ0v) is 20.4. The number of amides is 1. The quantitative estimate of drug-likeness (QED) is 0.557. The average Bonchev–Trinajstić information content (AvgIpc) is 3.32. The molecule has 196 valence electrons. The number of carbonyl (C=O) groups is 1. The molecular weight excluding hydrogens is 474 g/mol. The van der Waals surface area contributed by atoms with Crippen molar-refractivity contribution >= 4 is 11.7 Å². The van der Waals surface area contributed by atoms with Crippen LogP contribution in [0.4, 0.5) is 14.6 Å². The maximum absolute atomic E-state index is 14.9. The van der Waals surface area contributed by atoms with E-state index >= 15 is 0 Å². The molecular formula is C29H34F2N4O2. The number of hydrogen-bond acceptors (Lipinski definition) is 5. The fourth-order valence-electron chi connectivity index (χ4n) is 6.01. The van der Waals surface area contributed by atoms with Crippen LogP contribution in [-0.2, 0) is 10.4 Å². The van der Waals surface area contributed by atoms with E-state index in [1.54, 1.807) is 17.2 Å². The first-order valence-corrected chi connectivity index (χ1v) is 12.3. The molecule has 0 aliphatic carbocycles. The minimum Gasteiger partial charge on any atom is -0.384 e. The Bertz CT molecular complexity index is 1220. The van der Waals surface area contributed by atoms with E-state index in [4.69, 9.17) is 0 Å². The molecule has 0 bridgehead atoms. The lowest BCUT2D eigenvalue weighted by molar-refractivity contribution is -0.152. The monoisotopic (exact) mass is 508 g/mol. The van der Waals surface area contributed by atoms with Gasteiger partial charge in [0.15, 0.2) is 5.82 Å². The molecule has 6 nitrogen and oxygen atoms in total. The molecule has 1 amide bonds. The minimum absolute atomic E-state index is 0. The molecule has 1 aromatic heterocycles. The van der Waals surface area contributed by atoms with Gasteiger partial charge in [0.1, 0.15) is 11.6 Å². The highest BCUT2D eigenvalue weighted by atomic mass is 19.1. The Kier molecular flexibility index (Phi) is 7.59. The normalized spacial score (nSPS) is 27.6. The molecule has 2 fully saturated rings. The molecule has 3 aromatic rings. The molecule has 37 heavy (non-hydrogen) atoms. The number of benzene rings is 2. The molecule has 1 N–H and O–H groups in total. The van der Waals surface area contributed by atoms with Gasteiger partial charge >= 0.3 is 0 Å². The van der Waals surface area contributed by atoms with Crippen LogP contribution in [0.2, 0.25) is 0 Å². The van der Waals surface area contributed by atoms with Crippen LogP contribution in [0.1, 0.15) is 38.3 Å². The Balaban J connectivity index is 0.00000320. The molecule has 2 aliphatic rings. The van der Waals surface area contributed by atoms with Crippen LogP contribution in [0.5, 0.6) is 0 Å². The highest BCUT2D eigenvalue weighted by molar-refractivity contribution is 5.82. The maximum atomic E-state index is 14.9. The van der Waals surface area contributed by atoms with Crippen molar-refractivity contribution in [3.63, 3.8) is 0 Å². The number of rotatable bonds is 4. The van der Waals surface area contributed by atoms with Gasteiger partial charge in [0, 0.05) is 56.2 Å². The van der Waals surface area contributed by atoms with E-state index in [1.807, 2.05) is 55.1 Å². The number of aromatic nitrogens is 2. The van der Waals surface area contributed by atoms with Crippen molar-refractivity contribution in [1.29, 1.82) is 0 Å². The summed E-state index contributed by atoms with van der Waals surface area (Å²) in [6.45, 7) is 5.40. The molecule has 2 aromatic carbocycles. The van der Waals surface area contributed by atoms with Gasteiger partial charge in [0.05, 0.1) is 11.5 Å². The summed E-state index contributed by atoms with van der Waals surface area (Å²) in [5.41, 5.74) is 0.111.